The van der Waals surface area contributed by atoms with Crippen LogP contribution in [0.5, 0.6) is 0 Å². The minimum Gasteiger partial charge on any atom is -0.267 e. The Balaban J connectivity index is 1.61. The standard InChI is InChI=1S/C19H16Cl2N4O/c1-13-2-4-14(5-3-13)11-22-23-19(26)18-8-9-25(24-18)12-15-6-7-16(20)10-17(15)21/h2-11H,12H2,1H3,(H,23,26). The van der Waals surface area contributed by atoms with Crippen molar-refractivity contribution in [1.82, 2.24) is 15.2 Å². The van der Waals surface area contributed by atoms with E-state index in [4.69, 9.17) is 23.2 Å². The Morgan fingerprint density at radius 1 is 1.19 bits per heavy atom. The third-order valence-electron chi connectivity index (χ3n) is 3.68. The molecular formula is C19H16Cl2N4O. The van der Waals surface area contributed by atoms with Crippen molar-refractivity contribution in [2.45, 2.75) is 13.5 Å². The van der Waals surface area contributed by atoms with Crippen molar-refractivity contribution < 1.29 is 4.79 Å². The van der Waals surface area contributed by atoms with Gasteiger partial charge in [-0.25, -0.2) is 5.43 Å². The monoisotopic (exact) mass is 386 g/mol. The number of aryl methyl sites for hydroxylation is 1. The molecule has 132 valence electrons. The molecule has 0 saturated carbocycles. The van der Waals surface area contributed by atoms with Crippen LogP contribution in [0.2, 0.25) is 10.0 Å². The van der Waals surface area contributed by atoms with Crippen LogP contribution in [-0.4, -0.2) is 21.9 Å². The van der Waals surface area contributed by atoms with E-state index in [1.165, 1.54) is 0 Å². The summed E-state index contributed by atoms with van der Waals surface area (Å²) in [6.45, 7) is 2.45. The van der Waals surface area contributed by atoms with Crippen LogP contribution in [0.1, 0.15) is 27.2 Å². The zero-order valence-electron chi connectivity index (χ0n) is 14.0. The maximum Gasteiger partial charge on any atom is 0.291 e. The number of aromatic nitrogens is 2. The predicted octanol–water partition coefficient (Wildman–Crippen LogP) is 4.31. The van der Waals surface area contributed by atoms with Crippen LogP contribution in [0.3, 0.4) is 0 Å². The van der Waals surface area contributed by atoms with Gasteiger partial charge in [0.25, 0.3) is 5.91 Å². The van der Waals surface area contributed by atoms with Crippen molar-refractivity contribution >= 4 is 35.3 Å². The van der Waals surface area contributed by atoms with Crippen molar-refractivity contribution in [2.75, 3.05) is 0 Å². The van der Waals surface area contributed by atoms with E-state index >= 15 is 0 Å². The van der Waals surface area contributed by atoms with E-state index in [0.717, 1.165) is 16.7 Å². The average molecular weight is 387 g/mol. The maximum absolute atomic E-state index is 12.1. The summed E-state index contributed by atoms with van der Waals surface area (Å²) in [5.41, 5.74) is 5.67. The molecule has 0 aliphatic heterocycles. The lowest BCUT2D eigenvalue weighted by Crippen LogP contribution is -2.18. The Morgan fingerprint density at radius 2 is 1.96 bits per heavy atom. The Bertz CT molecular complexity index is 948. The van der Waals surface area contributed by atoms with Crippen molar-refractivity contribution in [3.63, 3.8) is 0 Å². The minimum absolute atomic E-state index is 0.274. The Kier molecular flexibility index (Phi) is 5.71. The zero-order chi connectivity index (χ0) is 18.5. The summed E-state index contributed by atoms with van der Waals surface area (Å²) in [6.07, 6.45) is 3.30. The summed E-state index contributed by atoms with van der Waals surface area (Å²) in [5, 5.41) is 9.33. The molecule has 0 unspecified atom stereocenters. The number of nitrogens with one attached hydrogen (secondary N) is 1. The van der Waals surface area contributed by atoms with Gasteiger partial charge in [-0.1, -0.05) is 59.1 Å². The van der Waals surface area contributed by atoms with E-state index < -0.39 is 0 Å². The van der Waals surface area contributed by atoms with Gasteiger partial charge in [0.05, 0.1) is 12.8 Å². The molecule has 1 N–H and O–H groups in total. The second kappa shape index (κ2) is 8.17. The minimum atomic E-state index is -0.380. The molecule has 0 spiro atoms. The van der Waals surface area contributed by atoms with E-state index in [1.54, 1.807) is 35.3 Å². The molecule has 0 bridgehead atoms. The molecule has 26 heavy (non-hydrogen) atoms. The molecule has 1 amide bonds. The summed E-state index contributed by atoms with van der Waals surface area (Å²) in [7, 11) is 0. The van der Waals surface area contributed by atoms with Gasteiger partial charge in [-0.15, -0.1) is 0 Å². The molecule has 0 radical (unpaired) electrons. The Hall–Kier alpha value is -2.63. The molecule has 7 heteroatoms. The highest BCUT2D eigenvalue weighted by Crippen LogP contribution is 2.21. The van der Waals surface area contributed by atoms with Crippen LogP contribution in [-0.2, 0) is 6.54 Å². The van der Waals surface area contributed by atoms with Crippen LogP contribution in [0.15, 0.2) is 59.8 Å². The van der Waals surface area contributed by atoms with Gasteiger partial charge >= 0.3 is 0 Å². The van der Waals surface area contributed by atoms with Gasteiger partial charge in [-0.2, -0.15) is 10.2 Å². The summed E-state index contributed by atoms with van der Waals surface area (Å²) in [5.74, 6) is -0.380. The number of amides is 1. The van der Waals surface area contributed by atoms with Crippen LogP contribution in [0.25, 0.3) is 0 Å². The number of nitrogens with zero attached hydrogens (tertiary/aromatic N) is 3. The smallest absolute Gasteiger partial charge is 0.267 e. The lowest BCUT2D eigenvalue weighted by molar-refractivity contribution is 0.0949. The van der Waals surface area contributed by atoms with Crippen LogP contribution in [0, 0.1) is 6.92 Å². The van der Waals surface area contributed by atoms with Gasteiger partial charge in [0.2, 0.25) is 0 Å². The van der Waals surface area contributed by atoms with Crippen molar-refractivity contribution in [2.24, 2.45) is 5.10 Å². The molecule has 1 heterocycles. The third kappa shape index (κ3) is 4.71. The normalized spacial score (nSPS) is 11.0. The molecule has 3 rings (SSSR count). The lowest BCUT2D eigenvalue weighted by atomic mass is 10.2. The van der Waals surface area contributed by atoms with E-state index in [-0.39, 0.29) is 11.6 Å². The Labute approximate surface area is 161 Å². The quantitative estimate of drug-likeness (QED) is 0.524. The van der Waals surface area contributed by atoms with E-state index in [9.17, 15) is 4.79 Å². The summed E-state index contributed by atoms with van der Waals surface area (Å²) >= 11 is 12.1. The number of hydrazone groups is 1. The molecule has 2 aromatic carbocycles. The van der Waals surface area contributed by atoms with Gasteiger partial charge in [0.1, 0.15) is 0 Å². The second-order valence-corrected chi connectivity index (χ2v) is 6.59. The van der Waals surface area contributed by atoms with Crippen LogP contribution < -0.4 is 5.43 Å². The lowest BCUT2D eigenvalue weighted by Gasteiger charge is -2.05. The van der Waals surface area contributed by atoms with Crippen molar-refractivity contribution in [3.05, 3.63) is 87.2 Å². The number of halogens is 2. The van der Waals surface area contributed by atoms with E-state index in [1.807, 2.05) is 37.3 Å². The average Bonchev–Trinajstić information content (AvgIpc) is 3.08. The number of hydrogen-bond acceptors (Lipinski definition) is 3. The first-order valence-electron chi connectivity index (χ1n) is 7.89. The van der Waals surface area contributed by atoms with Gasteiger partial charge < -0.3 is 0 Å². The molecule has 0 aliphatic carbocycles. The zero-order valence-corrected chi connectivity index (χ0v) is 15.5. The number of rotatable bonds is 5. The molecule has 0 fully saturated rings. The van der Waals surface area contributed by atoms with Gasteiger partial charge in [-0.3, -0.25) is 9.48 Å². The largest absolute Gasteiger partial charge is 0.291 e. The molecule has 0 aliphatic rings. The first-order valence-corrected chi connectivity index (χ1v) is 8.64. The van der Waals surface area contributed by atoms with Gasteiger partial charge in [0, 0.05) is 16.2 Å². The van der Waals surface area contributed by atoms with Crippen LogP contribution in [0.4, 0.5) is 0 Å². The summed E-state index contributed by atoms with van der Waals surface area (Å²) < 4.78 is 1.63. The summed E-state index contributed by atoms with van der Waals surface area (Å²) in [6, 6.07) is 14.7. The van der Waals surface area contributed by atoms with E-state index in [2.05, 4.69) is 15.6 Å². The first-order chi connectivity index (χ1) is 12.5. The van der Waals surface area contributed by atoms with Gasteiger partial charge in [-0.05, 0) is 36.2 Å². The number of hydrogen-bond donors (Lipinski definition) is 1. The number of carbonyl (C=O) groups excluding carboxylic acids is 1. The highest BCUT2D eigenvalue weighted by molar-refractivity contribution is 6.35. The maximum atomic E-state index is 12.1. The van der Waals surface area contributed by atoms with Gasteiger partial charge in [0.15, 0.2) is 5.69 Å². The predicted molar refractivity (Wildman–Crippen MR) is 104 cm³/mol. The fourth-order valence-electron chi connectivity index (χ4n) is 2.27. The molecule has 0 saturated heterocycles. The molecule has 5 nitrogen and oxygen atoms in total. The third-order valence-corrected chi connectivity index (χ3v) is 4.26. The summed E-state index contributed by atoms with van der Waals surface area (Å²) in [4.78, 5) is 12.1. The number of benzene rings is 2. The fraction of sp³-hybridized carbons (Fsp3) is 0.105. The Morgan fingerprint density at radius 3 is 2.69 bits per heavy atom. The molecule has 1 aromatic heterocycles. The fourth-order valence-corrected chi connectivity index (χ4v) is 2.74. The topological polar surface area (TPSA) is 59.3 Å². The van der Waals surface area contributed by atoms with E-state index in [0.29, 0.717) is 16.6 Å². The first kappa shape index (κ1) is 18.2. The highest BCUT2D eigenvalue weighted by Gasteiger charge is 2.10. The van der Waals surface area contributed by atoms with Crippen LogP contribution >= 0.6 is 23.2 Å². The molecule has 0 atom stereocenters. The second-order valence-electron chi connectivity index (χ2n) is 5.74. The number of carbonyl (C=O) groups is 1. The SMILES string of the molecule is Cc1ccc(C=NNC(=O)c2ccn(Cc3ccc(Cl)cc3Cl)n2)cc1. The van der Waals surface area contributed by atoms with Crippen molar-refractivity contribution in [3.8, 4) is 0 Å². The molecule has 3 aromatic rings. The highest BCUT2D eigenvalue weighted by atomic mass is 35.5. The molecular weight excluding hydrogens is 371 g/mol. The van der Waals surface area contributed by atoms with Crippen molar-refractivity contribution in [1.29, 1.82) is 0 Å².